The summed E-state index contributed by atoms with van der Waals surface area (Å²) in [5.74, 6) is 0.548. The maximum Gasteiger partial charge on any atom is 0.253 e. The molecular weight excluding hydrogens is 583 g/mol. The van der Waals surface area contributed by atoms with Crippen molar-refractivity contribution in [1.82, 2.24) is 20.2 Å². The monoisotopic (exact) mass is 610 g/mol. The number of nitrogens with zero attached hydrogens (tertiary/aromatic N) is 4. The summed E-state index contributed by atoms with van der Waals surface area (Å²) >= 11 is 3.65. The fraction of sp³-hybridized carbons (Fsp3) is 0.185. The van der Waals surface area contributed by atoms with Crippen molar-refractivity contribution in [3.05, 3.63) is 98.9 Å². The van der Waals surface area contributed by atoms with Crippen molar-refractivity contribution < 1.29 is 4.79 Å². The van der Waals surface area contributed by atoms with Gasteiger partial charge in [-0.3, -0.25) is 9.36 Å². The van der Waals surface area contributed by atoms with Gasteiger partial charge >= 0.3 is 0 Å². The minimum Gasteiger partial charge on any atom is -0.378 e. The fourth-order valence-electron chi connectivity index (χ4n) is 3.45. The zero-order valence-electron chi connectivity index (χ0n) is 20.3. The van der Waals surface area contributed by atoms with Crippen molar-refractivity contribution in [3.63, 3.8) is 0 Å². The van der Waals surface area contributed by atoms with Gasteiger partial charge in [0.1, 0.15) is 0 Å². The van der Waals surface area contributed by atoms with E-state index in [9.17, 15) is 4.79 Å². The zero-order chi connectivity index (χ0) is 25.5. The van der Waals surface area contributed by atoms with Crippen LogP contribution in [0.4, 0.5) is 5.69 Å². The van der Waals surface area contributed by atoms with Crippen LogP contribution < -0.4 is 10.7 Å². The van der Waals surface area contributed by atoms with E-state index < -0.39 is 5.25 Å². The van der Waals surface area contributed by atoms with Gasteiger partial charge in [0.05, 0.1) is 18.0 Å². The number of hydrazone groups is 1. The van der Waals surface area contributed by atoms with E-state index >= 15 is 0 Å². The van der Waals surface area contributed by atoms with E-state index in [2.05, 4.69) is 73.8 Å². The number of benzene rings is 3. The number of carbonyl (C=O) groups excluding carboxylic acids is 1. The number of aromatic nitrogens is 3. The lowest BCUT2D eigenvalue weighted by atomic mass is 10.2. The number of anilines is 1. The Bertz CT molecular complexity index is 1350. The highest BCUT2D eigenvalue weighted by atomic mass is 127. The molecule has 4 rings (SSSR count). The van der Waals surface area contributed by atoms with Gasteiger partial charge in [-0.15, -0.1) is 10.2 Å². The van der Waals surface area contributed by atoms with E-state index in [-0.39, 0.29) is 5.91 Å². The number of nitrogens with one attached hydrogen (secondary N) is 2. The summed E-state index contributed by atoms with van der Waals surface area (Å²) < 4.78 is 3.18. The number of para-hydroxylation sites is 1. The van der Waals surface area contributed by atoms with Gasteiger partial charge in [0.2, 0.25) is 0 Å². The van der Waals surface area contributed by atoms with Crippen LogP contribution in [0.5, 0.6) is 0 Å². The number of halogens is 1. The van der Waals surface area contributed by atoms with Gasteiger partial charge in [0.15, 0.2) is 11.0 Å². The maximum absolute atomic E-state index is 12.7. The van der Waals surface area contributed by atoms with Crippen molar-refractivity contribution >= 4 is 52.2 Å². The number of hydrogen-bond acceptors (Lipinski definition) is 6. The second kappa shape index (κ2) is 12.2. The van der Waals surface area contributed by atoms with Crippen molar-refractivity contribution in [2.24, 2.45) is 5.10 Å². The molecule has 3 aromatic carbocycles. The molecule has 0 saturated carbocycles. The van der Waals surface area contributed by atoms with Crippen LogP contribution in [0.25, 0.3) is 5.69 Å². The Morgan fingerprint density at radius 3 is 2.56 bits per heavy atom. The molecule has 0 spiro atoms. The highest BCUT2D eigenvalue weighted by Gasteiger charge is 2.21. The molecule has 1 unspecified atom stereocenters. The van der Waals surface area contributed by atoms with Gasteiger partial charge in [-0.1, -0.05) is 59.8 Å². The first kappa shape index (κ1) is 25.9. The second-order valence-electron chi connectivity index (χ2n) is 8.29. The predicted molar refractivity (Wildman–Crippen MR) is 155 cm³/mol. The number of hydrogen-bond donors (Lipinski definition) is 2. The molecule has 2 N–H and O–H groups in total. The first-order valence-corrected chi connectivity index (χ1v) is 13.4. The quantitative estimate of drug-likeness (QED) is 0.110. The summed E-state index contributed by atoms with van der Waals surface area (Å²) in [6.45, 7) is 6.43. The summed E-state index contributed by atoms with van der Waals surface area (Å²) in [4.78, 5) is 12.7. The van der Waals surface area contributed by atoms with Crippen LogP contribution in [0.1, 0.15) is 29.4 Å². The normalized spacial score (nSPS) is 12.0. The summed E-state index contributed by atoms with van der Waals surface area (Å²) in [6.07, 6.45) is 1.64. The first-order chi connectivity index (χ1) is 17.4. The van der Waals surface area contributed by atoms with Crippen LogP contribution in [0.3, 0.4) is 0 Å². The van der Waals surface area contributed by atoms with Crippen LogP contribution in [-0.4, -0.2) is 32.1 Å². The number of rotatable bonds is 9. The SMILES string of the molecule is Cc1ccc(C=NNC(=O)C(C)Sc2nnc(CNc3ccc(I)cc3C)n2-c2ccccc2)cc1. The third-order valence-corrected chi connectivity index (χ3v) is 7.17. The van der Waals surface area contributed by atoms with Crippen LogP contribution in [-0.2, 0) is 11.3 Å². The molecule has 0 bridgehead atoms. The van der Waals surface area contributed by atoms with Crippen LogP contribution in [0.2, 0.25) is 0 Å². The van der Waals surface area contributed by atoms with Gasteiger partial charge < -0.3 is 5.32 Å². The van der Waals surface area contributed by atoms with Crippen molar-refractivity contribution in [1.29, 1.82) is 0 Å². The third kappa shape index (κ3) is 6.73. The van der Waals surface area contributed by atoms with E-state index in [4.69, 9.17) is 0 Å². The lowest BCUT2D eigenvalue weighted by molar-refractivity contribution is -0.120. The van der Waals surface area contributed by atoms with E-state index in [1.54, 1.807) is 6.21 Å². The van der Waals surface area contributed by atoms with Gasteiger partial charge in [-0.25, -0.2) is 5.43 Å². The summed E-state index contributed by atoms with van der Waals surface area (Å²) in [5.41, 5.74) is 7.87. The Kier molecular flexibility index (Phi) is 8.76. The molecule has 36 heavy (non-hydrogen) atoms. The second-order valence-corrected chi connectivity index (χ2v) is 10.8. The minimum atomic E-state index is -0.425. The average Bonchev–Trinajstić information content (AvgIpc) is 3.27. The summed E-state index contributed by atoms with van der Waals surface area (Å²) in [6, 6.07) is 24.1. The number of amides is 1. The fourth-order valence-corrected chi connectivity index (χ4v) is 4.98. The predicted octanol–water partition coefficient (Wildman–Crippen LogP) is 5.73. The molecule has 0 aliphatic heterocycles. The lowest BCUT2D eigenvalue weighted by Gasteiger charge is -2.14. The molecule has 0 radical (unpaired) electrons. The number of thioether (sulfide) groups is 1. The van der Waals surface area contributed by atoms with Crippen LogP contribution in [0.15, 0.2) is 83.1 Å². The van der Waals surface area contributed by atoms with Crippen molar-refractivity contribution in [2.75, 3.05) is 5.32 Å². The van der Waals surface area contributed by atoms with Crippen LogP contribution in [0, 0.1) is 17.4 Å². The largest absolute Gasteiger partial charge is 0.378 e. The molecular formula is C27H27IN6OS. The summed E-state index contributed by atoms with van der Waals surface area (Å²) in [7, 11) is 0. The van der Waals surface area contributed by atoms with Gasteiger partial charge in [0, 0.05) is 14.9 Å². The minimum absolute atomic E-state index is 0.208. The number of carbonyl (C=O) groups is 1. The highest BCUT2D eigenvalue weighted by Crippen LogP contribution is 2.27. The third-order valence-electron chi connectivity index (χ3n) is 5.46. The number of aryl methyl sites for hydroxylation is 2. The van der Waals surface area contributed by atoms with E-state index in [1.807, 2.05) is 73.0 Å². The Balaban J connectivity index is 1.48. The molecule has 1 atom stereocenters. The molecule has 1 heterocycles. The van der Waals surface area contributed by atoms with Gasteiger partial charge in [-0.05, 0) is 84.8 Å². The average molecular weight is 611 g/mol. The van der Waals surface area contributed by atoms with E-state index in [1.165, 1.54) is 26.5 Å². The molecule has 0 saturated heterocycles. The lowest BCUT2D eigenvalue weighted by Crippen LogP contribution is -2.27. The molecule has 0 fully saturated rings. The molecule has 4 aromatic rings. The Morgan fingerprint density at radius 2 is 1.83 bits per heavy atom. The first-order valence-electron chi connectivity index (χ1n) is 11.5. The van der Waals surface area contributed by atoms with E-state index in [0.717, 1.165) is 22.8 Å². The topological polar surface area (TPSA) is 84.2 Å². The zero-order valence-corrected chi connectivity index (χ0v) is 23.2. The van der Waals surface area contributed by atoms with E-state index in [0.29, 0.717) is 11.7 Å². The Labute approximate surface area is 228 Å². The Hall–Kier alpha value is -3.18. The smallest absolute Gasteiger partial charge is 0.253 e. The van der Waals surface area contributed by atoms with Crippen LogP contribution >= 0.6 is 34.4 Å². The molecule has 9 heteroatoms. The Morgan fingerprint density at radius 1 is 1.08 bits per heavy atom. The molecule has 184 valence electrons. The maximum atomic E-state index is 12.7. The molecule has 7 nitrogen and oxygen atoms in total. The summed E-state index contributed by atoms with van der Waals surface area (Å²) in [5, 5.41) is 16.6. The van der Waals surface area contributed by atoms with Gasteiger partial charge in [0.25, 0.3) is 5.91 Å². The molecule has 1 amide bonds. The van der Waals surface area contributed by atoms with Crippen molar-refractivity contribution in [2.45, 2.75) is 37.7 Å². The molecule has 1 aromatic heterocycles. The molecule has 0 aliphatic carbocycles. The standard InChI is InChI=1S/C27H27IN6OS/c1-18-9-11-21(12-10-18)16-30-32-26(35)20(3)36-27-33-31-25(34(27)23-7-5-4-6-8-23)17-29-24-14-13-22(28)15-19(24)2/h4-16,20,29H,17H2,1-3H3,(H,32,35). The highest BCUT2D eigenvalue weighted by molar-refractivity contribution is 14.1. The van der Waals surface area contributed by atoms with Crippen molar-refractivity contribution in [3.8, 4) is 5.69 Å². The van der Waals surface area contributed by atoms with Gasteiger partial charge in [-0.2, -0.15) is 5.10 Å². The molecule has 0 aliphatic rings.